The number of hydrogen-bond donors (Lipinski definition) is 1. The predicted molar refractivity (Wildman–Crippen MR) is 90.1 cm³/mol. The van der Waals surface area contributed by atoms with Gasteiger partial charge < -0.3 is 13.9 Å². The van der Waals surface area contributed by atoms with Crippen molar-refractivity contribution < 1.29 is 18.7 Å². The monoisotopic (exact) mass is 365 g/mol. The lowest BCUT2D eigenvalue weighted by molar-refractivity contribution is 0.102. The van der Waals surface area contributed by atoms with Crippen molar-refractivity contribution in [3.05, 3.63) is 41.1 Å². The van der Waals surface area contributed by atoms with Gasteiger partial charge in [-0.15, -0.1) is 10.2 Å². The van der Waals surface area contributed by atoms with Gasteiger partial charge in [0.05, 0.1) is 14.2 Å². The maximum absolute atomic E-state index is 12.5. The normalized spacial score (nSPS) is 10.5. The number of carbonyl (C=O) groups excluding carboxylic acids is 1. The molecule has 0 saturated heterocycles. The summed E-state index contributed by atoms with van der Waals surface area (Å²) < 4.78 is 15.7. The Bertz CT molecular complexity index is 855. The van der Waals surface area contributed by atoms with E-state index in [2.05, 4.69) is 15.5 Å². The number of ether oxygens (including phenoxy) is 2. The molecule has 1 aromatic carbocycles. The smallest absolute Gasteiger partial charge is 0.265 e. The zero-order chi connectivity index (χ0) is 17.1. The summed E-state index contributed by atoms with van der Waals surface area (Å²) in [5.41, 5.74) is 0.278. The van der Waals surface area contributed by atoms with Crippen molar-refractivity contribution in [3.63, 3.8) is 0 Å². The molecular weight excluding hydrogens is 354 g/mol. The van der Waals surface area contributed by atoms with Gasteiger partial charge in [-0.05, 0) is 35.9 Å². The summed E-state index contributed by atoms with van der Waals surface area (Å²) in [6, 6.07) is 8.37. The molecule has 2 aromatic heterocycles. The molecule has 0 saturated carbocycles. The van der Waals surface area contributed by atoms with Crippen LogP contribution in [0, 0.1) is 0 Å². The Balaban J connectivity index is 1.85. The molecule has 1 N–H and O–H groups in total. The average molecular weight is 366 g/mol. The van der Waals surface area contributed by atoms with Gasteiger partial charge in [0.15, 0.2) is 16.0 Å². The van der Waals surface area contributed by atoms with Crippen LogP contribution >= 0.6 is 22.9 Å². The molecule has 2 heterocycles. The summed E-state index contributed by atoms with van der Waals surface area (Å²) in [6.45, 7) is 0. The summed E-state index contributed by atoms with van der Waals surface area (Å²) >= 11 is 6.90. The lowest BCUT2D eigenvalue weighted by atomic mass is 10.1. The summed E-state index contributed by atoms with van der Waals surface area (Å²) in [7, 11) is 2.96. The Kier molecular flexibility index (Phi) is 4.68. The number of hydrogen-bond acceptors (Lipinski definition) is 7. The third-order valence-electron chi connectivity index (χ3n) is 3.08. The highest BCUT2D eigenvalue weighted by atomic mass is 35.5. The van der Waals surface area contributed by atoms with Gasteiger partial charge >= 0.3 is 0 Å². The second-order valence-corrected chi connectivity index (χ2v) is 5.86. The molecule has 0 aliphatic rings. The summed E-state index contributed by atoms with van der Waals surface area (Å²) in [5, 5.41) is 11.7. The van der Waals surface area contributed by atoms with Crippen molar-refractivity contribution >= 4 is 34.0 Å². The number of amides is 1. The molecule has 3 aromatic rings. The lowest BCUT2D eigenvalue weighted by Gasteiger charge is -2.11. The van der Waals surface area contributed by atoms with Crippen molar-refractivity contribution in [3.8, 4) is 22.3 Å². The molecule has 3 rings (SSSR count). The van der Waals surface area contributed by atoms with E-state index in [0.29, 0.717) is 27.4 Å². The van der Waals surface area contributed by atoms with E-state index in [0.717, 1.165) is 11.3 Å². The number of nitrogens with one attached hydrogen (secondary N) is 1. The SMILES string of the molecule is COc1cccc(OC)c1C(=O)Nc1nnc(-c2ccc(Cl)o2)s1. The van der Waals surface area contributed by atoms with E-state index in [1.165, 1.54) is 14.2 Å². The fraction of sp³-hybridized carbons (Fsp3) is 0.133. The van der Waals surface area contributed by atoms with Gasteiger partial charge in [-0.25, -0.2) is 0 Å². The molecule has 7 nitrogen and oxygen atoms in total. The van der Waals surface area contributed by atoms with Crippen LogP contribution in [0.15, 0.2) is 34.7 Å². The lowest BCUT2D eigenvalue weighted by Crippen LogP contribution is -2.14. The van der Waals surface area contributed by atoms with Crippen molar-refractivity contribution in [1.82, 2.24) is 10.2 Å². The molecule has 0 bridgehead atoms. The van der Waals surface area contributed by atoms with Crippen LogP contribution in [0.3, 0.4) is 0 Å². The molecule has 0 unspecified atom stereocenters. The molecule has 24 heavy (non-hydrogen) atoms. The Morgan fingerprint density at radius 2 is 1.88 bits per heavy atom. The number of carbonyl (C=O) groups is 1. The molecule has 0 aliphatic carbocycles. The first-order valence-corrected chi connectivity index (χ1v) is 7.93. The predicted octanol–water partition coefficient (Wildman–Crippen LogP) is 3.72. The van der Waals surface area contributed by atoms with Gasteiger partial charge in [-0.1, -0.05) is 17.4 Å². The Morgan fingerprint density at radius 3 is 2.46 bits per heavy atom. The standard InChI is InChI=1S/C15H12ClN3O4S/c1-21-8-4-3-5-9(22-2)12(8)13(20)17-15-19-18-14(24-15)10-6-7-11(16)23-10/h3-7H,1-2H3,(H,17,19,20). The van der Waals surface area contributed by atoms with E-state index >= 15 is 0 Å². The van der Waals surface area contributed by atoms with Crippen LogP contribution in [-0.4, -0.2) is 30.3 Å². The molecule has 9 heteroatoms. The van der Waals surface area contributed by atoms with Crippen LogP contribution < -0.4 is 14.8 Å². The van der Waals surface area contributed by atoms with Crippen LogP contribution in [0.1, 0.15) is 10.4 Å². The zero-order valence-electron chi connectivity index (χ0n) is 12.7. The van der Waals surface area contributed by atoms with E-state index in [1.54, 1.807) is 30.3 Å². The van der Waals surface area contributed by atoms with Crippen molar-refractivity contribution in [2.24, 2.45) is 0 Å². The minimum atomic E-state index is -0.413. The molecule has 0 radical (unpaired) electrons. The van der Waals surface area contributed by atoms with Gasteiger partial charge in [0, 0.05) is 0 Å². The van der Waals surface area contributed by atoms with Gasteiger partial charge in [0.2, 0.25) is 5.13 Å². The Hall–Kier alpha value is -2.58. The number of benzene rings is 1. The van der Waals surface area contributed by atoms with E-state index in [9.17, 15) is 4.79 Å². The third kappa shape index (κ3) is 3.19. The highest BCUT2D eigenvalue weighted by Gasteiger charge is 2.20. The number of anilines is 1. The van der Waals surface area contributed by atoms with Crippen LogP contribution in [0.25, 0.3) is 10.8 Å². The van der Waals surface area contributed by atoms with Gasteiger partial charge in [-0.3, -0.25) is 10.1 Å². The maximum atomic E-state index is 12.5. The van der Waals surface area contributed by atoms with Gasteiger partial charge in [-0.2, -0.15) is 0 Å². The maximum Gasteiger partial charge on any atom is 0.265 e. The number of methoxy groups -OCH3 is 2. The molecule has 0 spiro atoms. The van der Waals surface area contributed by atoms with Crippen LogP contribution in [0.4, 0.5) is 5.13 Å². The number of halogens is 1. The molecule has 124 valence electrons. The Labute approximate surface area is 146 Å². The highest BCUT2D eigenvalue weighted by molar-refractivity contribution is 7.18. The largest absolute Gasteiger partial charge is 0.496 e. The molecule has 0 atom stereocenters. The molecule has 0 aliphatic heterocycles. The van der Waals surface area contributed by atoms with E-state index in [1.807, 2.05) is 0 Å². The second kappa shape index (κ2) is 6.90. The summed E-state index contributed by atoms with van der Waals surface area (Å²) in [4.78, 5) is 12.5. The topological polar surface area (TPSA) is 86.5 Å². The third-order valence-corrected chi connectivity index (χ3v) is 4.14. The number of nitrogens with zero attached hydrogens (tertiary/aromatic N) is 2. The molecule has 0 fully saturated rings. The van der Waals surface area contributed by atoms with Crippen molar-refractivity contribution in [1.29, 1.82) is 0 Å². The average Bonchev–Trinajstić information content (AvgIpc) is 3.22. The number of furan rings is 1. The first kappa shape index (κ1) is 16.3. The van der Waals surface area contributed by atoms with E-state index in [-0.39, 0.29) is 10.8 Å². The van der Waals surface area contributed by atoms with Crippen molar-refractivity contribution in [2.45, 2.75) is 0 Å². The van der Waals surface area contributed by atoms with Gasteiger partial charge in [0.1, 0.15) is 17.1 Å². The van der Waals surface area contributed by atoms with E-state index in [4.69, 9.17) is 25.5 Å². The first-order chi connectivity index (χ1) is 11.6. The fourth-order valence-electron chi connectivity index (χ4n) is 2.04. The Morgan fingerprint density at radius 1 is 1.17 bits per heavy atom. The first-order valence-electron chi connectivity index (χ1n) is 6.74. The summed E-state index contributed by atoms with van der Waals surface area (Å²) in [5.74, 6) is 0.862. The van der Waals surface area contributed by atoms with E-state index < -0.39 is 5.91 Å². The zero-order valence-corrected chi connectivity index (χ0v) is 14.3. The quantitative estimate of drug-likeness (QED) is 0.741. The second-order valence-electron chi connectivity index (χ2n) is 4.51. The molecule has 1 amide bonds. The molecular formula is C15H12ClN3O4S. The number of aromatic nitrogens is 2. The van der Waals surface area contributed by atoms with Crippen LogP contribution in [0.5, 0.6) is 11.5 Å². The summed E-state index contributed by atoms with van der Waals surface area (Å²) in [6.07, 6.45) is 0. The van der Waals surface area contributed by atoms with Crippen molar-refractivity contribution in [2.75, 3.05) is 19.5 Å². The minimum absolute atomic E-state index is 0.254. The minimum Gasteiger partial charge on any atom is -0.496 e. The van der Waals surface area contributed by atoms with Crippen LogP contribution in [-0.2, 0) is 0 Å². The van der Waals surface area contributed by atoms with Gasteiger partial charge in [0.25, 0.3) is 5.91 Å². The highest BCUT2D eigenvalue weighted by Crippen LogP contribution is 2.32. The fourth-order valence-corrected chi connectivity index (χ4v) is 2.88. The number of rotatable bonds is 5. The van der Waals surface area contributed by atoms with Crippen LogP contribution in [0.2, 0.25) is 5.22 Å².